The van der Waals surface area contributed by atoms with Gasteiger partial charge in [0.2, 0.25) is 0 Å². The molecule has 2 atom stereocenters. The third-order valence-electron chi connectivity index (χ3n) is 2.75. The Balaban J connectivity index is 2.14. The summed E-state index contributed by atoms with van der Waals surface area (Å²) < 4.78 is 6.39. The van der Waals surface area contributed by atoms with Gasteiger partial charge in [-0.15, -0.1) is 0 Å². The van der Waals surface area contributed by atoms with Crippen LogP contribution < -0.4 is 0 Å². The third kappa shape index (κ3) is 2.30. The molecule has 2 rings (SSSR count). The van der Waals surface area contributed by atoms with Crippen molar-refractivity contribution in [2.45, 2.75) is 26.0 Å². The number of halogens is 1. The molecule has 16 heavy (non-hydrogen) atoms. The van der Waals surface area contributed by atoms with Gasteiger partial charge in [-0.25, -0.2) is 0 Å². The number of morpholine rings is 1. The first-order valence-corrected chi connectivity index (χ1v) is 6.13. The van der Waals surface area contributed by atoms with Gasteiger partial charge in [0, 0.05) is 17.2 Å². The van der Waals surface area contributed by atoms with E-state index in [1.54, 1.807) is 12.3 Å². The molecule has 0 aromatic carbocycles. The van der Waals surface area contributed by atoms with Gasteiger partial charge in [-0.2, -0.15) is 0 Å². The highest BCUT2D eigenvalue weighted by molar-refractivity contribution is 9.10. The topological polar surface area (TPSA) is 45.3 Å². The number of carbonyl (C=O) groups excluding carboxylic acids is 1. The minimum atomic E-state index is 0.0355. The number of rotatable bonds is 1. The largest absolute Gasteiger partial charge is 0.375 e. The zero-order valence-electron chi connectivity index (χ0n) is 9.37. The molecule has 1 aromatic rings. The van der Waals surface area contributed by atoms with E-state index in [2.05, 4.69) is 20.9 Å². The van der Waals surface area contributed by atoms with Crippen molar-refractivity contribution < 1.29 is 9.53 Å². The molecule has 4 nitrogen and oxygen atoms in total. The van der Waals surface area contributed by atoms with Crippen molar-refractivity contribution in [1.82, 2.24) is 9.88 Å². The Morgan fingerprint density at radius 2 is 2.38 bits per heavy atom. The quantitative estimate of drug-likeness (QED) is 0.859. The normalized spacial score (nSPS) is 25.8. The average molecular weight is 287 g/mol. The van der Waals surface area contributed by atoms with E-state index < -0.39 is 0 Å². The van der Waals surface area contributed by atoms with Crippen molar-refractivity contribution in [2.75, 3.05) is 13.2 Å². The van der Waals surface area contributed by atoms with E-state index in [9.17, 15) is 4.79 Å². The number of amides is 1. The van der Waals surface area contributed by atoms with Crippen molar-refractivity contribution in [2.24, 2.45) is 0 Å². The zero-order valence-corrected chi connectivity index (χ0v) is 11.0. The Morgan fingerprint density at radius 1 is 1.62 bits per heavy atom. The van der Waals surface area contributed by atoms with Crippen LogP contribution in [0.3, 0.4) is 0 Å². The summed E-state index contributed by atoms with van der Waals surface area (Å²) in [7, 11) is 0. The highest BCUT2D eigenvalue weighted by atomic mass is 79.9. The van der Waals surface area contributed by atoms with E-state index in [0.717, 1.165) is 4.47 Å². The maximum atomic E-state index is 12.2. The summed E-state index contributed by atoms with van der Waals surface area (Å²) >= 11 is 3.32. The molecule has 1 fully saturated rings. The van der Waals surface area contributed by atoms with E-state index in [-0.39, 0.29) is 18.1 Å². The van der Waals surface area contributed by atoms with Crippen LogP contribution in [-0.2, 0) is 4.74 Å². The van der Waals surface area contributed by atoms with E-state index >= 15 is 0 Å². The van der Waals surface area contributed by atoms with Crippen molar-refractivity contribution >= 4 is 21.8 Å². The van der Waals surface area contributed by atoms with Crippen molar-refractivity contribution in [1.29, 1.82) is 0 Å². The van der Waals surface area contributed by atoms with Gasteiger partial charge in [0.05, 0.1) is 18.8 Å². The van der Waals surface area contributed by atoms with E-state index in [4.69, 9.17) is 4.74 Å². The number of H-pyrrole nitrogens is 1. The maximum absolute atomic E-state index is 12.2. The van der Waals surface area contributed by atoms with E-state index in [0.29, 0.717) is 18.8 Å². The van der Waals surface area contributed by atoms with Crippen LogP contribution in [0.25, 0.3) is 0 Å². The molecule has 0 radical (unpaired) electrons. The highest BCUT2D eigenvalue weighted by Gasteiger charge is 2.28. The maximum Gasteiger partial charge on any atom is 0.270 e. The van der Waals surface area contributed by atoms with Crippen LogP contribution in [0.15, 0.2) is 16.7 Å². The van der Waals surface area contributed by atoms with Crippen molar-refractivity contribution in [3.8, 4) is 0 Å². The van der Waals surface area contributed by atoms with Gasteiger partial charge in [0.1, 0.15) is 5.69 Å². The van der Waals surface area contributed by atoms with Crippen LogP contribution in [0.5, 0.6) is 0 Å². The minimum absolute atomic E-state index is 0.0355. The molecule has 1 aliphatic heterocycles. The molecule has 1 N–H and O–H groups in total. The van der Waals surface area contributed by atoms with Crippen LogP contribution in [0.2, 0.25) is 0 Å². The van der Waals surface area contributed by atoms with E-state index in [1.165, 1.54) is 0 Å². The molecule has 0 spiro atoms. The molecule has 0 saturated carbocycles. The predicted octanol–water partition coefficient (Wildman–Crippen LogP) is 2.03. The first-order valence-electron chi connectivity index (χ1n) is 5.34. The summed E-state index contributed by atoms with van der Waals surface area (Å²) in [4.78, 5) is 17.0. The second kappa shape index (κ2) is 4.59. The van der Waals surface area contributed by atoms with Crippen LogP contribution in [0, 0.1) is 0 Å². The Labute approximate surface area is 103 Å². The molecule has 2 heterocycles. The molecule has 0 aliphatic carbocycles. The number of hydrogen-bond acceptors (Lipinski definition) is 2. The summed E-state index contributed by atoms with van der Waals surface area (Å²) in [6.07, 6.45) is 1.88. The van der Waals surface area contributed by atoms with Crippen LogP contribution in [0.4, 0.5) is 0 Å². The number of aromatic nitrogens is 1. The van der Waals surface area contributed by atoms with E-state index in [1.807, 2.05) is 18.7 Å². The van der Waals surface area contributed by atoms with Gasteiger partial charge >= 0.3 is 0 Å². The van der Waals surface area contributed by atoms with Gasteiger partial charge in [0.25, 0.3) is 5.91 Å². The van der Waals surface area contributed by atoms with Gasteiger partial charge in [-0.05, 0) is 35.8 Å². The van der Waals surface area contributed by atoms with Gasteiger partial charge in [-0.3, -0.25) is 4.79 Å². The van der Waals surface area contributed by atoms with Gasteiger partial charge in [-0.1, -0.05) is 0 Å². The van der Waals surface area contributed by atoms with Crippen LogP contribution in [-0.4, -0.2) is 41.1 Å². The Bertz CT molecular complexity index is 391. The second-order valence-electron chi connectivity index (χ2n) is 4.18. The fourth-order valence-electron chi connectivity index (χ4n) is 1.83. The second-order valence-corrected chi connectivity index (χ2v) is 5.10. The Morgan fingerprint density at radius 3 is 3.00 bits per heavy atom. The fourth-order valence-corrected chi connectivity index (χ4v) is 2.18. The number of carbonyl (C=O) groups is 1. The number of hydrogen-bond donors (Lipinski definition) is 1. The average Bonchev–Trinajstić information content (AvgIpc) is 2.67. The lowest BCUT2D eigenvalue weighted by Gasteiger charge is -2.36. The number of nitrogens with one attached hydrogen (secondary N) is 1. The summed E-state index contributed by atoms with van der Waals surface area (Å²) in [6.45, 7) is 5.24. The van der Waals surface area contributed by atoms with Crippen molar-refractivity contribution in [3.63, 3.8) is 0 Å². The SMILES string of the molecule is C[C@@H]1CN(C(=O)c2cc(Br)c[nH]2)[C@H](C)CO1. The van der Waals surface area contributed by atoms with Crippen molar-refractivity contribution in [3.05, 3.63) is 22.4 Å². The third-order valence-corrected chi connectivity index (χ3v) is 3.20. The molecule has 1 aliphatic rings. The number of ether oxygens (including phenoxy) is 1. The number of nitrogens with zero attached hydrogens (tertiary/aromatic N) is 1. The standard InChI is InChI=1S/C11H15BrN2O2/c1-7-6-16-8(2)5-14(7)11(15)10-3-9(12)4-13-10/h3-4,7-8,13H,5-6H2,1-2H3/t7-,8-/m1/s1. The summed E-state index contributed by atoms with van der Waals surface area (Å²) in [6, 6.07) is 1.93. The highest BCUT2D eigenvalue weighted by Crippen LogP contribution is 2.17. The van der Waals surface area contributed by atoms with Crippen LogP contribution in [0.1, 0.15) is 24.3 Å². The lowest BCUT2D eigenvalue weighted by Crippen LogP contribution is -2.50. The summed E-state index contributed by atoms with van der Waals surface area (Å²) in [5.74, 6) is 0.0355. The fraction of sp³-hybridized carbons (Fsp3) is 0.545. The minimum Gasteiger partial charge on any atom is -0.375 e. The molecule has 5 heteroatoms. The monoisotopic (exact) mass is 286 g/mol. The predicted molar refractivity (Wildman–Crippen MR) is 64.4 cm³/mol. The number of aromatic amines is 1. The zero-order chi connectivity index (χ0) is 11.7. The lowest BCUT2D eigenvalue weighted by molar-refractivity contribution is -0.0388. The Hall–Kier alpha value is -0.810. The van der Waals surface area contributed by atoms with Gasteiger partial charge < -0.3 is 14.6 Å². The molecule has 1 aromatic heterocycles. The first kappa shape index (κ1) is 11.7. The molecule has 0 unspecified atom stereocenters. The lowest BCUT2D eigenvalue weighted by atomic mass is 10.2. The first-order chi connectivity index (χ1) is 7.58. The molecule has 0 bridgehead atoms. The van der Waals surface area contributed by atoms with Gasteiger partial charge in [0.15, 0.2) is 0 Å². The summed E-state index contributed by atoms with van der Waals surface area (Å²) in [5, 5.41) is 0. The van der Waals surface area contributed by atoms with Crippen LogP contribution >= 0.6 is 15.9 Å². The molecule has 1 amide bonds. The molecule has 88 valence electrons. The smallest absolute Gasteiger partial charge is 0.270 e. The molecular formula is C11H15BrN2O2. The molecular weight excluding hydrogens is 272 g/mol. The summed E-state index contributed by atoms with van der Waals surface area (Å²) in [5.41, 5.74) is 0.618. The Kier molecular flexibility index (Phi) is 3.35. The molecule has 1 saturated heterocycles.